The molecule has 174 valence electrons. The second-order valence-corrected chi connectivity index (χ2v) is 9.66. The summed E-state index contributed by atoms with van der Waals surface area (Å²) < 4.78 is 31.9. The van der Waals surface area contributed by atoms with Gasteiger partial charge >= 0.3 is 6.09 Å². The first-order chi connectivity index (χ1) is 15.9. The Kier molecular flexibility index (Phi) is 7.48. The largest absolute Gasteiger partial charge is 0.611 e. The van der Waals surface area contributed by atoms with Gasteiger partial charge in [0.05, 0.1) is 31.6 Å². The van der Waals surface area contributed by atoms with E-state index in [2.05, 4.69) is 15.0 Å². The van der Waals surface area contributed by atoms with Crippen LogP contribution in [-0.4, -0.2) is 45.8 Å². The molecule has 0 radical (unpaired) electrons. The summed E-state index contributed by atoms with van der Waals surface area (Å²) in [5, 5.41) is 3.47. The Bertz CT molecular complexity index is 1100. The number of methoxy groups -OCH3 is 1. The van der Waals surface area contributed by atoms with Crippen LogP contribution in [0, 0.1) is 0 Å². The van der Waals surface area contributed by atoms with Gasteiger partial charge in [-0.1, -0.05) is 29.3 Å². The molecule has 1 N–H and O–H groups in total. The highest BCUT2D eigenvalue weighted by Gasteiger charge is 2.46. The van der Waals surface area contributed by atoms with Gasteiger partial charge in [-0.05, 0) is 47.6 Å². The number of carbonyl (C=O) groups is 1. The number of rotatable bonds is 7. The smallest absolute Gasteiger partial charge is 0.411 e. The fraction of sp³-hybridized carbons (Fsp3) is 0.273. The summed E-state index contributed by atoms with van der Waals surface area (Å²) in [6.07, 6.45) is 4.11. The van der Waals surface area contributed by atoms with Gasteiger partial charge in [-0.15, -0.1) is 0 Å². The van der Waals surface area contributed by atoms with Crippen molar-refractivity contribution in [3.63, 3.8) is 0 Å². The number of ether oxygens (including phenoxy) is 3. The van der Waals surface area contributed by atoms with Gasteiger partial charge in [-0.25, -0.2) is 9.78 Å². The molecule has 11 heteroatoms. The normalized spacial score (nSPS) is 21.0. The van der Waals surface area contributed by atoms with Crippen molar-refractivity contribution in [2.45, 2.75) is 23.3 Å². The van der Waals surface area contributed by atoms with E-state index >= 15 is 0 Å². The summed E-state index contributed by atoms with van der Waals surface area (Å²) >= 11 is 11.2. The number of nitrogens with zero attached hydrogens (tertiary/aromatic N) is 2. The molecule has 0 aliphatic carbocycles. The van der Waals surface area contributed by atoms with Gasteiger partial charge in [0.15, 0.2) is 4.90 Å². The van der Waals surface area contributed by atoms with Crippen molar-refractivity contribution in [2.24, 2.45) is 0 Å². The first-order valence-electron chi connectivity index (χ1n) is 9.95. The maximum atomic E-state index is 13.0. The molecule has 8 nitrogen and oxygen atoms in total. The Hall–Kier alpha value is -2.27. The molecule has 1 aliphatic heterocycles. The fourth-order valence-corrected chi connectivity index (χ4v) is 5.19. The number of aromatic nitrogens is 2. The Morgan fingerprint density at radius 2 is 2.12 bits per heavy atom. The minimum Gasteiger partial charge on any atom is -0.611 e. The predicted molar refractivity (Wildman–Crippen MR) is 125 cm³/mol. The summed E-state index contributed by atoms with van der Waals surface area (Å²) in [6.45, 7) is 0.548. The number of carbonyl (C=O) groups excluding carboxylic acids is 1. The van der Waals surface area contributed by atoms with Crippen LogP contribution in [0.3, 0.4) is 0 Å². The minimum absolute atomic E-state index is 0.223. The fourth-order valence-electron chi connectivity index (χ4n) is 3.50. The number of hydrogen-bond donors (Lipinski definition) is 1. The summed E-state index contributed by atoms with van der Waals surface area (Å²) in [4.78, 5) is 16.0. The lowest BCUT2D eigenvalue weighted by molar-refractivity contribution is -0.184. The van der Waals surface area contributed by atoms with Crippen molar-refractivity contribution in [3.05, 3.63) is 76.8 Å². The van der Waals surface area contributed by atoms with Crippen molar-refractivity contribution in [1.29, 1.82) is 0 Å². The molecule has 1 saturated heterocycles. The van der Waals surface area contributed by atoms with Gasteiger partial charge in [0, 0.05) is 28.7 Å². The molecule has 4 rings (SSSR count). The Morgan fingerprint density at radius 3 is 2.79 bits per heavy atom. The first kappa shape index (κ1) is 23.9. The van der Waals surface area contributed by atoms with Gasteiger partial charge in [-0.2, -0.15) is 0 Å². The van der Waals surface area contributed by atoms with E-state index in [0.717, 1.165) is 0 Å². The van der Waals surface area contributed by atoms with Crippen LogP contribution < -0.4 is 5.32 Å². The zero-order valence-corrected chi connectivity index (χ0v) is 19.9. The molecule has 1 fully saturated rings. The van der Waals surface area contributed by atoms with Gasteiger partial charge in [0.1, 0.15) is 11.9 Å². The van der Waals surface area contributed by atoms with E-state index in [0.29, 0.717) is 32.7 Å². The number of hydrogen-bond acceptors (Lipinski definition) is 6. The van der Waals surface area contributed by atoms with Crippen molar-refractivity contribution in [2.75, 3.05) is 24.8 Å². The second kappa shape index (κ2) is 10.3. The van der Waals surface area contributed by atoms with Gasteiger partial charge in [0.25, 0.3) is 0 Å². The number of halogens is 2. The summed E-state index contributed by atoms with van der Waals surface area (Å²) in [5.41, 5.74) is 1.17. The van der Waals surface area contributed by atoms with Crippen molar-refractivity contribution >= 4 is 46.2 Å². The van der Waals surface area contributed by atoms with E-state index < -0.39 is 29.2 Å². The maximum absolute atomic E-state index is 13.0. The molecule has 0 bridgehead atoms. The van der Waals surface area contributed by atoms with Crippen LogP contribution in [-0.2, 0) is 37.7 Å². The lowest BCUT2D eigenvalue weighted by Gasteiger charge is -2.30. The molecule has 33 heavy (non-hydrogen) atoms. The molecule has 1 unspecified atom stereocenters. The topological polar surface area (TPSA) is 97.7 Å². The summed E-state index contributed by atoms with van der Waals surface area (Å²) in [7, 11) is 1.28. The zero-order valence-electron chi connectivity index (χ0n) is 17.6. The molecule has 3 aromatic rings. The highest BCUT2D eigenvalue weighted by molar-refractivity contribution is 7.91. The minimum atomic E-state index is -1.36. The number of amides is 1. The summed E-state index contributed by atoms with van der Waals surface area (Å²) in [6, 6.07) is 11.8. The van der Waals surface area contributed by atoms with E-state index in [1.54, 1.807) is 61.2 Å². The van der Waals surface area contributed by atoms with Crippen LogP contribution >= 0.6 is 23.2 Å². The Balaban J connectivity index is 1.49. The number of benzene rings is 2. The third-order valence-corrected chi connectivity index (χ3v) is 7.06. The van der Waals surface area contributed by atoms with Crippen LogP contribution in [0.15, 0.2) is 66.1 Å². The third kappa shape index (κ3) is 5.63. The second-order valence-electron chi connectivity index (χ2n) is 7.32. The van der Waals surface area contributed by atoms with E-state index in [4.69, 9.17) is 32.7 Å². The highest BCUT2D eigenvalue weighted by atomic mass is 35.5. The predicted octanol–water partition coefficient (Wildman–Crippen LogP) is 4.44. The standard InChI is InChI=1S/C22H21Cl2N3O5S/c1-30-21(28)26-16-3-5-18(6-4-16)33(29)12-17-11-31-22(32-17,13-27-9-8-25-14-27)19-7-2-15(23)10-20(19)24/h2-10,14,17H,11-13H2,1H3,(H,26,28)/t17-,22+,33?/m0/s1. The van der Waals surface area contributed by atoms with Crippen LogP contribution in [0.5, 0.6) is 0 Å². The van der Waals surface area contributed by atoms with Gasteiger partial charge in [0.2, 0.25) is 5.79 Å². The van der Waals surface area contributed by atoms with E-state index in [1.165, 1.54) is 7.11 Å². The maximum Gasteiger partial charge on any atom is 0.411 e. The lowest BCUT2D eigenvalue weighted by atomic mass is 10.1. The number of nitrogens with one attached hydrogen (secondary N) is 1. The molecule has 1 aliphatic rings. The quantitative estimate of drug-likeness (QED) is 0.472. The van der Waals surface area contributed by atoms with E-state index in [9.17, 15) is 9.35 Å². The zero-order chi connectivity index (χ0) is 23.4. The lowest BCUT2D eigenvalue weighted by Crippen LogP contribution is -2.34. The Morgan fingerprint density at radius 1 is 1.33 bits per heavy atom. The van der Waals surface area contributed by atoms with Gasteiger partial charge in [-0.3, -0.25) is 5.32 Å². The van der Waals surface area contributed by atoms with Crippen LogP contribution in [0.25, 0.3) is 0 Å². The molecular weight excluding hydrogens is 489 g/mol. The first-order valence-corrected chi connectivity index (χ1v) is 12.0. The Labute approximate surface area is 203 Å². The van der Waals surface area contributed by atoms with Crippen molar-refractivity contribution in [3.8, 4) is 0 Å². The van der Waals surface area contributed by atoms with Gasteiger partial charge < -0.3 is 23.3 Å². The monoisotopic (exact) mass is 509 g/mol. The van der Waals surface area contributed by atoms with Crippen LogP contribution in [0.4, 0.5) is 10.5 Å². The molecule has 1 amide bonds. The number of imidazole rings is 1. The molecule has 3 atom stereocenters. The SMILES string of the molecule is COC(=O)Nc1ccc([S+]([O-])C[C@@H]2CO[C@@](Cn3ccnc3)(c3ccc(Cl)cc3Cl)O2)cc1. The van der Waals surface area contributed by atoms with Crippen molar-refractivity contribution < 1.29 is 23.6 Å². The summed E-state index contributed by atoms with van der Waals surface area (Å²) in [5.74, 6) is -0.952. The number of anilines is 1. The van der Waals surface area contributed by atoms with Crippen molar-refractivity contribution in [1.82, 2.24) is 9.55 Å². The molecule has 2 heterocycles. The highest BCUT2D eigenvalue weighted by Crippen LogP contribution is 2.41. The third-order valence-electron chi connectivity index (χ3n) is 5.04. The van der Waals surface area contributed by atoms with E-state index in [-0.39, 0.29) is 12.4 Å². The van der Waals surface area contributed by atoms with Crippen LogP contribution in [0.1, 0.15) is 5.56 Å². The van der Waals surface area contributed by atoms with E-state index in [1.807, 2.05) is 4.57 Å². The molecule has 0 spiro atoms. The average Bonchev–Trinajstić information content (AvgIpc) is 3.45. The molecule has 0 saturated carbocycles. The molecule has 1 aromatic heterocycles. The average molecular weight is 510 g/mol. The molecular formula is C22H21Cl2N3O5S. The van der Waals surface area contributed by atoms with Crippen LogP contribution in [0.2, 0.25) is 10.0 Å². The molecule has 2 aromatic carbocycles.